The van der Waals surface area contributed by atoms with Crippen LogP contribution in [0.3, 0.4) is 0 Å². The van der Waals surface area contributed by atoms with E-state index in [9.17, 15) is 0 Å². The van der Waals surface area contributed by atoms with Gasteiger partial charge in [0, 0.05) is 10.6 Å². The Kier molecular flexibility index (Phi) is 1.49. The van der Waals surface area contributed by atoms with Gasteiger partial charge in [0.25, 0.3) is 0 Å². The second-order valence-electron chi connectivity index (χ2n) is 4.36. The van der Waals surface area contributed by atoms with E-state index in [0.717, 1.165) is 16.3 Å². The Balaban J connectivity index is 2.11. The Morgan fingerprint density at radius 2 is 2.14 bits per heavy atom. The lowest BCUT2D eigenvalue weighted by atomic mass is 9.94. The zero-order valence-corrected chi connectivity index (χ0v) is 8.84. The van der Waals surface area contributed by atoms with E-state index in [2.05, 4.69) is 13.8 Å². The van der Waals surface area contributed by atoms with Gasteiger partial charge in [-0.3, -0.25) is 0 Å². The van der Waals surface area contributed by atoms with Crippen LogP contribution in [-0.4, -0.2) is 11.7 Å². The molecule has 0 saturated carbocycles. The highest BCUT2D eigenvalue weighted by Crippen LogP contribution is 2.53. The number of benzene rings is 1. The van der Waals surface area contributed by atoms with Crippen molar-refractivity contribution in [1.29, 1.82) is 0 Å². The first-order chi connectivity index (χ1) is 6.58. The molecule has 2 nitrogen and oxygen atoms in total. The maximum Gasteiger partial charge on any atom is 0.132 e. The molecule has 1 fully saturated rings. The highest BCUT2D eigenvalue weighted by molar-refractivity contribution is 6.30. The summed E-state index contributed by atoms with van der Waals surface area (Å²) >= 11 is 5.92. The first-order valence-corrected chi connectivity index (χ1v) is 5.10. The summed E-state index contributed by atoms with van der Waals surface area (Å²) in [5.41, 5.74) is 0.868. The summed E-state index contributed by atoms with van der Waals surface area (Å²) in [6.07, 6.45) is 0.376. The number of epoxide rings is 1. The Morgan fingerprint density at radius 3 is 2.93 bits per heavy atom. The molecule has 2 aliphatic rings. The van der Waals surface area contributed by atoms with Gasteiger partial charge in [0.2, 0.25) is 0 Å². The van der Waals surface area contributed by atoms with Crippen molar-refractivity contribution in [3.8, 4) is 5.75 Å². The van der Waals surface area contributed by atoms with Crippen LogP contribution in [0.25, 0.3) is 0 Å². The number of rotatable bonds is 0. The van der Waals surface area contributed by atoms with Gasteiger partial charge in [-0.05, 0) is 32.0 Å². The van der Waals surface area contributed by atoms with E-state index in [0.29, 0.717) is 0 Å². The van der Waals surface area contributed by atoms with Crippen LogP contribution in [-0.2, 0) is 4.74 Å². The number of hydrogen-bond acceptors (Lipinski definition) is 2. The van der Waals surface area contributed by atoms with Gasteiger partial charge in [-0.15, -0.1) is 0 Å². The fourth-order valence-corrected chi connectivity index (χ4v) is 2.23. The first-order valence-electron chi connectivity index (χ1n) is 4.72. The van der Waals surface area contributed by atoms with Gasteiger partial charge in [-0.25, -0.2) is 0 Å². The van der Waals surface area contributed by atoms with Crippen molar-refractivity contribution in [2.75, 3.05) is 0 Å². The topological polar surface area (TPSA) is 21.8 Å². The van der Waals surface area contributed by atoms with E-state index in [-0.39, 0.29) is 17.8 Å². The summed E-state index contributed by atoms with van der Waals surface area (Å²) in [4.78, 5) is 0. The molecule has 0 bridgehead atoms. The highest BCUT2D eigenvalue weighted by Gasteiger charge is 2.56. The van der Waals surface area contributed by atoms with Crippen molar-refractivity contribution < 1.29 is 9.47 Å². The van der Waals surface area contributed by atoms with Crippen molar-refractivity contribution in [2.45, 2.75) is 31.7 Å². The lowest BCUT2D eigenvalue weighted by Crippen LogP contribution is -2.37. The number of ether oxygens (including phenoxy) is 2. The molecule has 14 heavy (non-hydrogen) atoms. The lowest BCUT2D eigenvalue weighted by Gasteiger charge is -2.29. The molecule has 1 aromatic rings. The molecular formula is C11H11ClO2. The summed E-state index contributed by atoms with van der Waals surface area (Å²) in [6.45, 7) is 4.10. The molecule has 3 heteroatoms. The Hall–Kier alpha value is -0.730. The van der Waals surface area contributed by atoms with Crippen LogP contribution in [0.1, 0.15) is 25.5 Å². The second-order valence-corrected chi connectivity index (χ2v) is 4.80. The Bertz CT molecular complexity index is 400. The molecule has 0 aliphatic carbocycles. The molecule has 0 radical (unpaired) electrons. The van der Waals surface area contributed by atoms with Crippen molar-refractivity contribution in [3.63, 3.8) is 0 Å². The molecule has 2 atom stereocenters. The maximum absolute atomic E-state index is 5.92. The predicted molar refractivity (Wildman–Crippen MR) is 53.8 cm³/mol. The fraction of sp³-hybridized carbons (Fsp3) is 0.455. The molecular weight excluding hydrogens is 200 g/mol. The standard InChI is InChI=1S/C11H11ClO2/c1-11(2)10-9(13-10)7-5-6(12)3-4-8(7)14-11/h3-5,9-10H,1-2H3/t9-,10-/m1/s1. The highest BCUT2D eigenvalue weighted by atomic mass is 35.5. The van der Waals surface area contributed by atoms with Crippen molar-refractivity contribution in [3.05, 3.63) is 28.8 Å². The fourth-order valence-electron chi connectivity index (χ4n) is 2.05. The van der Waals surface area contributed by atoms with Crippen LogP contribution in [0.2, 0.25) is 5.02 Å². The smallest absolute Gasteiger partial charge is 0.132 e. The third-order valence-corrected chi connectivity index (χ3v) is 3.06. The monoisotopic (exact) mass is 210 g/mol. The minimum atomic E-state index is -0.217. The van der Waals surface area contributed by atoms with Crippen molar-refractivity contribution >= 4 is 11.6 Å². The van der Waals surface area contributed by atoms with Crippen LogP contribution in [0.4, 0.5) is 0 Å². The van der Waals surface area contributed by atoms with Crippen LogP contribution >= 0.6 is 11.6 Å². The van der Waals surface area contributed by atoms with E-state index >= 15 is 0 Å². The number of fused-ring (bicyclic) bond motifs is 3. The van der Waals surface area contributed by atoms with Crippen LogP contribution in [0, 0.1) is 0 Å². The second kappa shape index (κ2) is 2.44. The summed E-state index contributed by atoms with van der Waals surface area (Å²) in [5, 5.41) is 0.737. The maximum atomic E-state index is 5.92. The minimum Gasteiger partial charge on any atom is -0.485 e. The van der Waals surface area contributed by atoms with Crippen molar-refractivity contribution in [1.82, 2.24) is 0 Å². The summed E-state index contributed by atoms with van der Waals surface area (Å²) in [6, 6.07) is 5.69. The molecule has 2 heterocycles. The third-order valence-electron chi connectivity index (χ3n) is 2.83. The van der Waals surface area contributed by atoms with Gasteiger partial charge in [0.1, 0.15) is 23.6 Å². The van der Waals surface area contributed by atoms with Crippen LogP contribution in [0.15, 0.2) is 18.2 Å². The quantitative estimate of drug-likeness (QED) is 0.614. The lowest BCUT2D eigenvalue weighted by molar-refractivity contribution is 0.0725. The molecule has 1 aromatic carbocycles. The van der Waals surface area contributed by atoms with Gasteiger partial charge in [0.15, 0.2) is 0 Å². The number of hydrogen-bond donors (Lipinski definition) is 0. The zero-order chi connectivity index (χ0) is 9.92. The average Bonchev–Trinajstić information content (AvgIpc) is 2.86. The van der Waals surface area contributed by atoms with Gasteiger partial charge in [-0.2, -0.15) is 0 Å². The molecule has 2 aliphatic heterocycles. The van der Waals surface area contributed by atoms with Gasteiger partial charge < -0.3 is 9.47 Å². The van der Waals surface area contributed by atoms with E-state index in [1.165, 1.54) is 0 Å². The van der Waals surface area contributed by atoms with Gasteiger partial charge >= 0.3 is 0 Å². The van der Waals surface area contributed by atoms with Crippen molar-refractivity contribution in [2.24, 2.45) is 0 Å². The predicted octanol–water partition coefficient (Wildman–Crippen LogP) is 2.95. The van der Waals surface area contributed by atoms with E-state index in [1.54, 1.807) is 0 Å². The summed E-state index contributed by atoms with van der Waals surface area (Å²) in [5.74, 6) is 0.901. The zero-order valence-electron chi connectivity index (χ0n) is 8.08. The molecule has 0 aromatic heterocycles. The largest absolute Gasteiger partial charge is 0.485 e. The summed E-state index contributed by atoms with van der Waals surface area (Å²) in [7, 11) is 0. The van der Waals surface area contributed by atoms with Crippen LogP contribution in [0.5, 0.6) is 5.75 Å². The normalized spacial score (nSPS) is 31.4. The van der Waals surface area contributed by atoms with E-state index in [4.69, 9.17) is 21.1 Å². The molecule has 0 N–H and O–H groups in total. The van der Waals surface area contributed by atoms with E-state index in [1.807, 2.05) is 18.2 Å². The van der Waals surface area contributed by atoms with E-state index < -0.39 is 0 Å². The molecule has 0 unspecified atom stereocenters. The number of halogens is 1. The Morgan fingerprint density at radius 1 is 1.36 bits per heavy atom. The Labute approximate surface area is 87.8 Å². The first kappa shape index (κ1) is 8.57. The molecule has 1 saturated heterocycles. The minimum absolute atomic E-state index is 0.187. The molecule has 0 spiro atoms. The van der Waals surface area contributed by atoms with Gasteiger partial charge in [-0.1, -0.05) is 11.6 Å². The third kappa shape index (κ3) is 1.07. The SMILES string of the molecule is CC1(C)Oc2ccc(Cl)cc2[C@H]2O[C@H]21. The molecule has 3 rings (SSSR count). The molecule has 0 amide bonds. The molecule has 74 valence electrons. The van der Waals surface area contributed by atoms with Gasteiger partial charge in [0.05, 0.1) is 0 Å². The summed E-state index contributed by atoms with van der Waals surface area (Å²) < 4.78 is 11.4. The average molecular weight is 211 g/mol. The van der Waals surface area contributed by atoms with Crippen LogP contribution < -0.4 is 4.74 Å².